The lowest BCUT2D eigenvalue weighted by Crippen LogP contribution is -2.44. The van der Waals surface area contributed by atoms with Crippen molar-refractivity contribution in [3.63, 3.8) is 0 Å². The molecule has 2 aromatic rings. The second-order valence-corrected chi connectivity index (χ2v) is 7.18. The summed E-state index contributed by atoms with van der Waals surface area (Å²) in [6.45, 7) is 7.45. The minimum absolute atomic E-state index is 0.0713. The number of benzene rings is 2. The Kier molecular flexibility index (Phi) is 6.48. The lowest BCUT2D eigenvalue weighted by molar-refractivity contribution is -0.0704. The Morgan fingerprint density at radius 1 is 1.11 bits per heavy atom. The third-order valence-electron chi connectivity index (χ3n) is 4.70. The highest BCUT2D eigenvalue weighted by atomic mass is 16.5. The average molecular weight is 368 g/mol. The number of morpholine rings is 1. The number of rotatable bonds is 6. The maximum atomic E-state index is 12.4. The van der Waals surface area contributed by atoms with Gasteiger partial charge in [0.1, 0.15) is 5.75 Å². The number of amides is 1. The molecule has 1 saturated heterocycles. The quantitative estimate of drug-likeness (QED) is 0.850. The minimum atomic E-state index is -0.0713. The van der Waals surface area contributed by atoms with Gasteiger partial charge in [0.15, 0.2) is 0 Å². The van der Waals surface area contributed by atoms with Crippen molar-refractivity contribution >= 4 is 5.91 Å². The molecule has 2 unspecified atom stereocenters. The molecule has 0 aliphatic carbocycles. The van der Waals surface area contributed by atoms with Gasteiger partial charge in [0.05, 0.1) is 19.3 Å². The highest BCUT2D eigenvalue weighted by Crippen LogP contribution is 2.15. The molecule has 144 valence electrons. The van der Waals surface area contributed by atoms with E-state index in [9.17, 15) is 4.79 Å². The van der Waals surface area contributed by atoms with E-state index >= 15 is 0 Å². The van der Waals surface area contributed by atoms with Crippen LogP contribution in [-0.4, -0.2) is 43.2 Å². The molecule has 1 N–H and O–H groups in total. The molecule has 0 spiro atoms. The van der Waals surface area contributed by atoms with Crippen LogP contribution in [0.2, 0.25) is 0 Å². The lowest BCUT2D eigenvalue weighted by atomic mass is 10.1. The molecule has 0 aromatic heterocycles. The smallest absolute Gasteiger partial charge is 0.251 e. The zero-order valence-electron chi connectivity index (χ0n) is 16.3. The number of carbonyl (C=O) groups excluding carboxylic acids is 1. The standard InChI is InChI=1S/C22H28N2O3/c1-16-13-24(14-17(2)27-16)15-18-7-9-20(10-8-18)22(25)23-12-19-5-4-6-21(11-19)26-3/h4-11,16-17H,12-15H2,1-3H3,(H,23,25). The van der Waals surface area contributed by atoms with Crippen molar-refractivity contribution in [3.05, 3.63) is 65.2 Å². The summed E-state index contributed by atoms with van der Waals surface area (Å²) in [6, 6.07) is 15.6. The number of ether oxygens (including phenoxy) is 2. The van der Waals surface area contributed by atoms with Gasteiger partial charge in [0.25, 0.3) is 5.91 Å². The average Bonchev–Trinajstić information content (AvgIpc) is 2.66. The number of carbonyl (C=O) groups is 1. The van der Waals surface area contributed by atoms with E-state index in [0.29, 0.717) is 12.1 Å². The Balaban J connectivity index is 1.54. The molecule has 2 aromatic carbocycles. The molecule has 1 fully saturated rings. The Morgan fingerprint density at radius 2 is 1.81 bits per heavy atom. The van der Waals surface area contributed by atoms with Crippen LogP contribution in [0.4, 0.5) is 0 Å². The maximum Gasteiger partial charge on any atom is 0.251 e. The minimum Gasteiger partial charge on any atom is -0.497 e. The fourth-order valence-electron chi connectivity index (χ4n) is 3.50. The summed E-state index contributed by atoms with van der Waals surface area (Å²) in [5, 5.41) is 2.96. The summed E-state index contributed by atoms with van der Waals surface area (Å²) in [7, 11) is 1.64. The number of nitrogens with zero attached hydrogens (tertiary/aromatic N) is 1. The Bertz CT molecular complexity index is 750. The Morgan fingerprint density at radius 3 is 2.48 bits per heavy atom. The zero-order chi connectivity index (χ0) is 19.2. The fourth-order valence-corrected chi connectivity index (χ4v) is 3.50. The predicted octanol–water partition coefficient (Wildman–Crippen LogP) is 3.23. The maximum absolute atomic E-state index is 12.4. The van der Waals surface area contributed by atoms with Crippen molar-refractivity contribution in [1.82, 2.24) is 10.2 Å². The first-order valence-electron chi connectivity index (χ1n) is 9.41. The summed E-state index contributed by atoms with van der Waals surface area (Å²) >= 11 is 0. The van der Waals surface area contributed by atoms with Gasteiger partial charge in [0.2, 0.25) is 0 Å². The van der Waals surface area contributed by atoms with E-state index in [2.05, 4.69) is 24.1 Å². The summed E-state index contributed by atoms with van der Waals surface area (Å²) in [5.74, 6) is 0.718. The van der Waals surface area contributed by atoms with Crippen LogP contribution in [0.15, 0.2) is 48.5 Å². The van der Waals surface area contributed by atoms with Crippen molar-refractivity contribution in [2.75, 3.05) is 20.2 Å². The van der Waals surface area contributed by atoms with Crippen molar-refractivity contribution in [1.29, 1.82) is 0 Å². The molecule has 0 radical (unpaired) electrons. The highest BCUT2D eigenvalue weighted by Gasteiger charge is 2.22. The van der Waals surface area contributed by atoms with Gasteiger partial charge in [-0.1, -0.05) is 24.3 Å². The first-order valence-corrected chi connectivity index (χ1v) is 9.41. The Labute approximate surface area is 161 Å². The second-order valence-electron chi connectivity index (χ2n) is 7.18. The van der Waals surface area contributed by atoms with Crippen LogP contribution in [0.3, 0.4) is 0 Å². The molecule has 0 bridgehead atoms. The zero-order valence-corrected chi connectivity index (χ0v) is 16.3. The second kappa shape index (κ2) is 9.02. The summed E-state index contributed by atoms with van der Waals surface area (Å²) < 4.78 is 11.0. The van der Waals surface area contributed by atoms with Crippen LogP contribution in [0.5, 0.6) is 5.75 Å². The number of hydrogen-bond acceptors (Lipinski definition) is 4. The SMILES string of the molecule is COc1cccc(CNC(=O)c2ccc(CN3CC(C)OC(C)C3)cc2)c1. The normalized spacial score (nSPS) is 20.3. The van der Waals surface area contributed by atoms with Gasteiger partial charge in [-0.2, -0.15) is 0 Å². The molecule has 1 aliphatic heterocycles. The van der Waals surface area contributed by atoms with Crippen LogP contribution in [0.25, 0.3) is 0 Å². The van der Waals surface area contributed by atoms with Crippen LogP contribution in [0.1, 0.15) is 35.3 Å². The predicted molar refractivity (Wildman–Crippen MR) is 106 cm³/mol. The van der Waals surface area contributed by atoms with Gasteiger partial charge in [-0.3, -0.25) is 9.69 Å². The molecular formula is C22H28N2O3. The van der Waals surface area contributed by atoms with Gasteiger partial charge in [-0.05, 0) is 49.2 Å². The van der Waals surface area contributed by atoms with E-state index in [1.165, 1.54) is 5.56 Å². The molecule has 1 heterocycles. The Hall–Kier alpha value is -2.37. The monoisotopic (exact) mass is 368 g/mol. The van der Waals surface area contributed by atoms with Gasteiger partial charge in [0, 0.05) is 31.7 Å². The molecule has 1 aliphatic rings. The van der Waals surface area contributed by atoms with E-state index in [1.54, 1.807) is 7.11 Å². The third-order valence-corrected chi connectivity index (χ3v) is 4.70. The van der Waals surface area contributed by atoms with E-state index < -0.39 is 0 Å². The molecule has 5 nitrogen and oxygen atoms in total. The van der Waals surface area contributed by atoms with Crippen LogP contribution < -0.4 is 10.1 Å². The molecular weight excluding hydrogens is 340 g/mol. The summed E-state index contributed by atoms with van der Waals surface area (Å²) in [5.41, 5.74) is 2.89. The van der Waals surface area contributed by atoms with Crippen LogP contribution >= 0.6 is 0 Å². The third kappa shape index (κ3) is 5.55. The summed E-state index contributed by atoms with van der Waals surface area (Å²) in [4.78, 5) is 14.8. The van der Waals surface area contributed by atoms with E-state index in [-0.39, 0.29) is 18.1 Å². The van der Waals surface area contributed by atoms with Gasteiger partial charge >= 0.3 is 0 Å². The van der Waals surface area contributed by atoms with E-state index in [4.69, 9.17) is 9.47 Å². The summed E-state index contributed by atoms with van der Waals surface area (Å²) in [6.07, 6.45) is 0.519. The molecule has 5 heteroatoms. The highest BCUT2D eigenvalue weighted by molar-refractivity contribution is 5.94. The van der Waals surface area contributed by atoms with Gasteiger partial charge in [-0.15, -0.1) is 0 Å². The van der Waals surface area contributed by atoms with E-state index in [1.807, 2.05) is 48.5 Å². The first-order chi connectivity index (χ1) is 13.0. The largest absolute Gasteiger partial charge is 0.497 e. The molecule has 1 amide bonds. The lowest BCUT2D eigenvalue weighted by Gasteiger charge is -2.35. The van der Waals surface area contributed by atoms with Crippen LogP contribution in [-0.2, 0) is 17.8 Å². The van der Waals surface area contributed by atoms with Crippen molar-refractivity contribution < 1.29 is 14.3 Å². The topological polar surface area (TPSA) is 50.8 Å². The van der Waals surface area contributed by atoms with Crippen molar-refractivity contribution in [3.8, 4) is 5.75 Å². The fraction of sp³-hybridized carbons (Fsp3) is 0.409. The number of methoxy groups -OCH3 is 1. The van der Waals surface area contributed by atoms with Crippen LogP contribution in [0, 0.1) is 0 Å². The first kappa shape index (κ1) is 19.4. The molecule has 0 saturated carbocycles. The number of hydrogen-bond donors (Lipinski definition) is 1. The number of nitrogens with one attached hydrogen (secondary N) is 1. The van der Waals surface area contributed by atoms with E-state index in [0.717, 1.165) is 30.9 Å². The van der Waals surface area contributed by atoms with Gasteiger partial charge in [-0.25, -0.2) is 0 Å². The molecule has 3 rings (SSSR count). The van der Waals surface area contributed by atoms with Gasteiger partial charge < -0.3 is 14.8 Å². The molecule has 2 atom stereocenters. The molecule has 27 heavy (non-hydrogen) atoms. The van der Waals surface area contributed by atoms with Crippen molar-refractivity contribution in [2.24, 2.45) is 0 Å². The van der Waals surface area contributed by atoms with Crippen molar-refractivity contribution in [2.45, 2.75) is 39.1 Å².